The molecule has 1 aromatic carbocycles. The molecule has 1 aliphatic heterocycles. The summed E-state index contributed by atoms with van der Waals surface area (Å²) in [5.41, 5.74) is 3.18. The van der Waals surface area contributed by atoms with Crippen LogP contribution in [-0.2, 0) is 6.42 Å². The summed E-state index contributed by atoms with van der Waals surface area (Å²) < 4.78 is 0. The number of likely N-dealkylation sites (tertiary alicyclic amines) is 1. The van der Waals surface area contributed by atoms with Crippen LogP contribution in [0.4, 0.5) is 0 Å². The lowest BCUT2D eigenvalue weighted by atomic mass is 9.83. The highest BCUT2D eigenvalue weighted by Crippen LogP contribution is 2.30. The van der Waals surface area contributed by atoms with Gasteiger partial charge >= 0.3 is 0 Å². The first-order valence-corrected chi connectivity index (χ1v) is 8.86. The average Bonchev–Trinajstić information content (AvgIpc) is 2.54. The fourth-order valence-electron chi connectivity index (χ4n) is 4.00. The quantitative estimate of drug-likeness (QED) is 0.890. The highest BCUT2D eigenvalue weighted by Gasteiger charge is 2.20. The summed E-state index contributed by atoms with van der Waals surface area (Å²) in [4.78, 5) is 2.63. The molecule has 0 radical (unpaired) electrons. The second-order valence-corrected chi connectivity index (χ2v) is 6.96. The minimum absolute atomic E-state index is 0.609. The molecule has 1 heterocycles. The molecule has 2 nitrogen and oxygen atoms in total. The Balaban J connectivity index is 1.49. The van der Waals surface area contributed by atoms with Crippen molar-refractivity contribution in [1.29, 1.82) is 0 Å². The normalized spacial score (nSPS) is 24.5. The van der Waals surface area contributed by atoms with Crippen LogP contribution < -0.4 is 5.32 Å². The third kappa shape index (κ3) is 4.08. The van der Waals surface area contributed by atoms with Crippen LogP contribution in [0.25, 0.3) is 0 Å². The van der Waals surface area contributed by atoms with Crippen LogP contribution >= 0.6 is 0 Å². The van der Waals surface area contributed by atoms with Crippen molar-refractivity contribution in [3.8, 4) is 0 Å². The van der Waals surface area contributed by atoms with Crippen molar-refractivity contribution in [3.63, 3.8) is 0 Å². The lowest BCUT2D eigenvalue weighted by Crippen LogP contribution is -2.42. The number of hydrogen-bond donors (Lipinski definition) is 1. The molecule has 2 unspecified atom stereocenters. The zero-order chi connectivity index (χ0) is 14.5. The fraction of sp³-hybridized carbons (Fsp3) is 0.684. The Kier molecular flexibility index (Phi) is 5.32. The molecule has 1 aliphatic carbocycles. The Hall–Kier alpha value is -0.860. The maximum atomic E-state index is 3.80. The minimum atomic E-state index is 0.609. The minimum Gasteiger partial charge on any atom is -0.312 e. The second-order valence-electron chi connectivity index (χ2n) is 6.96. The zero-order valence-corrected chi connectivity index (χ0v) is 13.5. The molecule has 2 heteroatoms. The van der Waals surface area contributed by atoms with E-state index in [-0.39, 0.29) is 0 Å². The smallest absolute Gasteiger partial charge is 0.0166 e. The van der Waals surface area contributed by atoms with Crippen LogP contribution in [0.15, 0.2) is 24.3 Å². The van der Waals surface area contributed by atoms with E-state index < -0.39 is 0 Å². The van der Waals surface area contributed by atoms with E-state index in [1.165, 1.54) is 58.2 Å². The lowest BCUT2D eigenvalue weighted by Gasteiger charge is -2.31. The topological polar surface area (TPSA) is 15.3 Å². The third-order valence-electron chi connectivity index (χ3n) is 5.19. The van der Waals surface area contributed by atoms with Crippen molar-refractivity contribution >= 4 is 0 Å². The van der Waals surface area contributed by atoms with Gasteiger partial charge in [-0.2, -0.15) is 0 Å². The van der Waals surface area contributed by atoms with Gasteiger partial charge in [-0.25, -0.2) is 0 Å². The van der Waals surface area contributed by atoms with E-state index in [1.807, 2.05) is 0 Å². The number of piperidine rings is 1. The highest BCUT2D eigenvalue weighted by molar-refractivity contribution is 5.32. The summed E-state index contributed by atoms with van der Waals surface area (Å²) >= 11 is 0. The van der Waals surface area contributed by atoms with E-state index in [4.69, 9.17) is 0 Å². The first kappa shape index (κ1) is 15.1. The van der Waals surface area contributed by atoms with E-state index >= 15 is 0 Å². The highest BCUT2D eigenvalue weighted by atomic mass is 15.1. The molecule has 21 heavy (non-hydrogen) atoms. The van der Waals surface area contributed by atoms with Gasteiger partial charge in [0.05, 0.1) is 0 Å². The molecule has 1 fully saturated rings. The SMILES string of the molecule is CC(CN1CCCCC1)NCC1CCCc2ccccc21. The summed E-state index contributed by atoms with van der Waals surface area (Å²) in [6.07, 6.45) is 8.18. The first-order valence-electron chi connectivity index (χ1n) is 8.86. The standard InChI is InChI=1S/C19H30N2/c1-16(15-21-12-5-2-6-13-21)20-14-18-10-7-9-17-8-3-4-11-19(17)18/h3-4,8,11,16,18,20H,2,5-7,9-10,12-15H2,1H3. The number of benzene rings is 1. The van der Waals surface area contributed by atoms with E-state index in [0.717, 1.165) is 12.5 Å². The van der Waals surface area contributed by atoms with E-state index in [0.29, 0.717) is 6.04 Å². The third-order valence-corrected chi connectivity index (χ3v) is 5.19. The molecule has 116 valence electrons. The van der Waals surface area contributed by atoms with Gasteiger partial charge in [-0.1, -0.05) is 30.7 Å². The summed E-state index contributed by atoms with van der Waals surface area (Å²) in [6, 6.07) is 9.66. The van der Waals surface area contributed by atoms with Crippen molar-refractivity contribution in [2.75, 3.05) is 26.2 Å². The van der Waals surface area contributed by atoms with Gasteiger partial charge in [0.2, 0.25) is 0 Å². The molecule has 3 rings (SSSR count). The van der Waals surface area contributed by atoms with E-state index in [2.05, 4.69) is 41.4 Å². The second kappa shape index (κ2) is 7.42. The molecule has 2 aliphatic rings. The predicted octanol–water partition coefficient (Wildman–Crippen LogP) is 3.57. The molecule has 0 saturated carbocycles. The number of rotatable bonds is 5. The molecular formula is C19H30N2. The maximum Gasteiger partial charge on any atom is 0.0166 e. The number of nitrogens with one attached hydrogen (secondary N) is 1. The van der Waals surface area contributed by atoms with Crippen molar-refractivity contribution in [2.45, 2.75) is 57.4 Å². The summed E-state index contributed by atoms with van der Waals surface area (Å²) in [5.74, 6) is 0.721. The molecule has 0 amide bonds. The predicted molar refractivity (Wildman–Crippen MR) is 89.9 cm³/mol. The van der Waals surface area contributed by atoms with Gasteiger partial charge < -0.3 is 10.2 Å². The van der Waals surface area contributed by atoms with Gasteiger partial charge in [0.25, 0.3) is 0 Å². The van der Waals surface area contributed by atoms with Crippen LogP contribution in [0.1, 0.15) is 56.1 Å². The van der Waals surface area contributed by atoms with Gasteiger partial charge in [0, 0.05) is 19.1 Å². The number of fused-ring (bicyclic) bond motifs is 1. The average molecular weight is 286 g/mol. The summed E-state index contributed by atoms with van der Waals surface area (Å²) in [7, 11) is 0. The first-order chi connectivity index (χ1) is 10.3. The molecule has 1 saturated heterocycles. The molecule has 1 N–H and O–H groups in total. The van der Waals surface area contributed by atoms with Gasteiger partial charge in [0.1, 0.15) is 0 Å². The monoisotopic (exact) mass is 286 g/mol. The Morgan fingerprint density at radius 2 is 1.95 bits per heavy atom. The van der Waals surface area contributed by atoms with Crippen molar-refractivity contribution in [3.05, 3.63) is 35.4 Å². The molecule has 1 aromatic rings. The van der Waals surface area contributed by atoms with Gasteiger partial charge in [0.15, 0.2) is 0 Å². The zero-order valence-electron chi connectivity index (χ0n) is 13.5. The largest absolute Gasteiger partial charge is 0.312 e. The molecule has 2 atom stereocenters. The molecule has 0 aromatic heterocycles. The summed E-state index contributed by atoms with van der Waals surface area (Å²) in [6.45, 7) is 7.32. The van der Waals surface area contributed by atoms with Crippen molar-refractivity contribution in [1.82, 2.24) is 10.2 Å². The van der Waals surface area contributed by atoms with Gasteiger partial charge in [-0.05, 0) is 69.2 Å². The Morgan fingerprint density at radius 1 is 1.14 bits per heavy atom. The molecular weight excluding hydrogens is 256 g/mol. The fourth-order valence-corrected chi connectivity index (χ4v) is 4.00. The van der Waals surface area contributed by atoms with Crippen molar-refractivity contribution < 1.29 is 0 Å². The summed E-state index contributed by atoms with van der Waals surface area (Å²) in [5, 5.41) is 3.80. The number of nitrogens with zero attached hydrogens (tertiary/aromatic N) is 1. The lowest BCUT2D eigenvalue weighted by molar-refractivity contribution is 0.208. The van der Waals surface area contributed by atoms with Crippen LogP contribution in [0.2, 0.25) is 0 Å². The molecule has 0 bridgehead atoms. The Labute approximate surface area is 129 Å². The van der Waals surface area contributed by atoms with Crippen LogP contribution in [0.3, 0.4) is 0 Å². The van der Waals surface area contributed by atoms with Crippen LogP contribution in [0, 0.1) is 0 Å². The Morgan fingerprint density at radius 3 is 2.81 bits per heavy atom. The van der Waals surface area contributed by atoms with E-state index in [1.54, 1.807) is 11.1 Å². The van der Waals surface area contributed by atoms with Gasteiger partial charge in [-0.15, -0.1) is 0 Å². The Bertz CT molecular complexity index is 437. The number of aryl methyl sites for hydroxylation is 1. The molecule has 0 spiro atoms. The maximum absolute atomic E-state index is 3.80. The van der Waals surface area contributed by atoms with Crippen molar-refractivity contribution in [2.24, 2.45) is 0 Å². The van der Waals surface area contributed by atoms with Crippen LogP contribution in [-0.4, -0.2) is 37.1 Å². The van der Waals surface area contributed by atoms with E-state index in [9.17, 15) is 0 Å². The van der Waals surface area contributed by atoms with Gasteiger partial charge in [-0.3, -0.25) is 0 Å². The number of hydrogen-bond acceptors (Lipinski definition) is 2. The van der Waals surface area contributed by atoms with Crippen LogP contribution in [0.5, 0.6) is 0 Å².